The lowest BCUT2D eigenvalue weighted by Crippen LogP contribution is -2.31. The number of hydrogen-bond donors (Lipinski definition) is 1. The first kappa shape index (κ1) is 14.3. The molecule has 4 heteroatoms. The molecule has 20 heavy (non-hydrogen) atoms. The number of rotatable bonds is 2. The predicted octanol–water partition coefficient (Wildman–Crippen LogP) is 2.74. The van der Waals surface area contributed by atoms with E-state index in [0.717, 1.165) is 0 Å². The zero-order valence-corrected chi connectivity index (χ0v) is 11.9. The molecule has 1 aliphatic carbocycles. The predicted molar refractivity (Wildman–Crippen MR) is 75.7 cm³/mol. The normalized spacial score (nSPS) is 18.1. The van der Waals surface area contributed by atoms with E-state index in [4.69, 9.17) is 4.74 Å². The molecule has 0 heterocycles. The van der Waals surface area contributed by atoms with Gasteiger partial charge in [-0.25, -0.2) is 0 Å². The Morgan fingerprint density at radius 2 is 1.80 bits per heavy atom. The van der Waals surface area contributed by atoms with Gasteiger partial charge < -0.3 is 9.84 Å². The fourth-order valence-corrected chi connectivity index (χ4v) is 2.39. The highest BCUT2D eigenvalue weighted by molar-refractivity contribution is 6.25. The fraction of sp³-hybridized carbons (Fsp3) is 0.375. The van der Waals surface area contributed by atoms with Crippen LogP contribution in [0.25, 0.3) is 6.08 Å². The summed E-state index contributed by atoms with van der Waals surface area (Å²) >= 11 is 0. The third kappa shape index (κ3) is 2.90. The number of carbonyl (C=O) groups excluding carboxylic acids is 2. The van der Waals surface area contributed by atoms with Gasteiger partial charge in [-0.3, -0.25) is 9.59 Å². The Labute approximate surface area is 118 Å². The molecule has 0 unspecified atom stereocenters. The first-order valence-corrected chi connectivity index (χ1v) is 6.47. The second-order valence-electron chi connectivity index (χ2n) is 5.85. The molecular formula is C16H18O4. The van der Waals surface area contributed by atoms with Gasteiger partial charge in [-0.15, -0.1) is 0 Å². The third-order valence-electron chi connectivity index (χ3n) is 3.39. The standard InChI is InChI=1S/C16H18O4/c1-16(2)8-13(18)11(14(19)9-16)6-10-4-5-12(17)15(7-10)20-3/h4-7,17H,8-9H2,1-3H3. The van der Waals surface area contributed by atoms with Gasteiger partial charge >= 0.3 is 0 Å². The molecule has 0 spiro atoms. The number of benzene rings is 1. The summed E-state index contributed by atoms with van der Waals surface area (Å²) in [5, 5.41) is 9.53. The van der Waals surface area contributed by atoms with Crippen molar-refractivity contribution in [3.8, 4) is 11.5 Å². The summed E-state index contributed by atoms with van der Waals surface area (Å²) in [4.78, 5) is 24.2. The summed E-state index contributed by atoms with van der Waals surface area (Å²) in [6.45, 7) is 3.84. The summed E-state index contributed by atoms with van der Waals surface area (Å²) in [6, 6.07) is 4.72. The van der Waals surface area contributed by atoms with Crippen molar-refractivity contribution in [2.45, 2.75) is 26.7 Å². The molecule has 0 amide bonds. The minimum absolute atomic E-state index is 0.0251. The van der Waals surface area contributed by atoms with Gasteiger partial charge in [0.25, 0.3) is 0 Å². The minimum Gasteiger partial charge on any atom is -0.504 e. The average Bonchev–Trinajstić information content (AvgIpc) is 2.34. The molecular weight excluding hydrogens is 256 g/mol. The van der Waals surface area contributed by atoms with E-state index in [0.29, 0.717) is 24.2 Å². The first-order valence-electron chi connectivity index (χ1n) is 6.47. The number of ketones is 2. The largest absolute Gasteiger partial charge is 0.504 e. The lowest BCUT2D eigenvalue weighted by atomic mass is 9.74. The number of allylic oxidation sites excluding steroid dienone is 1. The van der Waals surface area contributed by atoms with Gasteiger partial charge in [0, 0.05) is 12.8 Å². The van der Waals surface area contributed by atoms with Gasteiger partial charge in [0.05, 0.1) is 12.7 Å². The maximum Gasteiger partial charge on any atom is 0.167 e. The van der Waals surface area contributed by atoms with E-state index in [1.54, 1.807) is 18.2 Å². The maximum absolute atomic E-state index is 12.1. The van der Waals surface area contributed by atoms with Gasteiger partial charge in [0.1, 0.15) is 0 Å². The van der Waals surface area contributed by atoms with E-state index in [1.165, 1.54) is 13.2 Å². The number of aromatic hydroxyl groups is 1. The van der Waals surface area contributed by atoms with Crippen LogP contribution in [-0.4, -0.2) is 23.8 Å². The molecule has 1 aromatic rings. The van der Waals surface area contributed by atoms with Crippen LogP contribution in [0.5, 0.6) is 11.5 Å². The highest BCUT2D eigenvalue weighted by Crippen LogP contribution is 2.35. The molecule has 0 atom stereocenters. The van der Waals surface area contributed by atoms with Gasteiger partial charge in [0.2, 0.25) is 0 Å². The van der Waals surface area contributed by atoms with Crippen molar-refractivity contribution < 1.29 is 19.4 Å². The van der Waals surface area contributed by atoms with Gasteiger partial charge in [-0.2, -0.15) is 0 Å². The van der Waals surface area contributed by atoms with E-state index in [9.17, 15) is 14.7 Å². The first-order chi connectivity index (χ1) is 9.32. The van der Waals surface area contributed by atoms with Crippen molar-refractivity contribution in [3.05, 3.63) is 29.3 Å². The van der Waals surface area contributed by atoms with Crippen LogP contribution in [0, 0.1) is 5.41 Å². The zero-order chi connectivity index (χ0) is 14.9. The van der Waals surface area contributed by atoms with E-state index < -0.39 is 0 Å². The molecule has 4 nitrogen and oxygen atoms in total. The number of phenols is 1. The lowest BCUT2D eigenvalue weighted by Gasteiger charge is -2.28. The van der Waals surface area contributed by atoms with Gasteiger partial charge in [0.15, 0.2) is 23.1 Å². The highest BCUT2D eigenvalue weighted by Gasteiger charge is 2.35. The Morgan fingerprint density at radius 1 is 1.20 bits per heavy atom. The second kappa shape index (κ2) is 5.12. The van der Waals surface area contributed by atoms with E-state index in [-0.39, 0.29) is 28.3 Å². The average molecular weight is 274 g/mol. The highest BCUT2D eigenvalue weighted by atomic mass is 16.5. The smallest absolute Gasteiger partial charge is 0.167 e. The van der Waals surface area contributed by atoms with Crippen molar-refractivity contribution in [1.82, 2.24) is 0 Å². The van der Waals surface area contributed by atoms with Crippen LogP contribution in [0.2, 0.25) is 0 Å². The van der Waals surface area contributed by atoms with Crippen LogP contribution >= 0.6 is 0 Å². The van der Waals surface area contributed by atoms with E-state index in [2.05, 4.69) is 0 Å². The quantitative estimate of drug-likeness (QED) is 0.665. The number of methoxy groups -OCH3 is 1. The Morgan fingerprint density at radius 3 is 2.35 bits per heavy atom. The van der Waals surface area contributed by atoms with Crippen molar-refractivity contribution in [2.24, 2.45) is 5.41 Å². The van der Waals surface area contributed by atoms with Gasteiger partial charge in [-0.05, 0) is 29.2 Å². The van der Waals surface area contributed by atoms with Crippen LogP contribution in [0.3, 0.4) is 0 Å². The minimum atomic E-state index is -0.266. The van der Waals surface area contributed by atoms with Crippen LogP contribution in [-0.2, 0) is 9.59 Å². The lowest BCUT2D eigenvalue weighted by molar-refractivity contribution is -0.127. The summed E-state index contributed by atoms with van der Waals surface area (Å²) in [7, 11) is 1.45. The molecule has 0 aromatic heterocycles. The van der Waals surface area contributed by atoms with Crippen LogP contribution < -0.4 is 4.74 Å². The van der Waals surface area contributed by atoms with E-state index in [1.807, 2.05) is 13.8 Å². The second-order valence-corrected chi connectivity index (χ2v) is 5.85. The SMILES string of the molecule is COc1cc(C=C2C(=O)CC(C)(C)CC2=O)ccc1O. The molecule has 0 radical (unpaired) electrons. The maximum atomic E-state index is 12.1. The van der Waals surface area contributed by atoms with Crippen LogP contribution in [0.1, 0.15) is 32.3 Å². The topological polar surface area (TPSA) is 63.6 Å². The van der Waals surface area contributed by atoms with Crippen molar-refractivity contribution in [2.75, 3.05) is 7.11 Å². The Hall–Kier alpha value is -2.10. The van der Waals surface area contributed by atoms with Crippen molar-refractivity contribution in [3.63, 3.8) is 0 Å². The molecule has 1 aromatic carbocycles. The number of hydrogen-bond acceptors (Lipinski definition) is 4. The Balaban J connectivity index is 2.35. The molecule has 0 bridgehead atoms. The summed E-state index contributed by atoms with van der Waals surface area (Å²) in [5.41, 5.74) is 0.631. The molecule has 106 valence electrons. The van der Waals surface area contributed by atoms with E-state index >= 15 is 0 Å². The van der Waals surface area contributed by atoms with Gasteiger partial charge in [-0.1, -0.05) is 19.9 Å². The number of ether oxygens (including phenoxy) is 1. The number of Topliss-reactive ketones (excluding diaryl/α,β-unsaturated/α-hetero) is 2. The molecule has 0 aliphatic heterocycles. The molecule has 0 saturated heterocycles. The Bertz CT molecular complexity index is 574. The summed E-state index contributed by atoms with van der Waals surface area (Å²) in [6.07, 6.45) is 2.32. The monoisotopic (exact) mass is 274 g/mol. The third-order valence-corrected chi connectivity index (χ3v) is 3.39. The van der Waals surface area contributed by atoms with Crippen LogP contribution in [0.4, 0.5) is 0 Å². The van der Waals surface area contributed by atoms with Crippen LogP contribution in [0.15, 0.2) is 23.8 Å². The summed E-state index contributed by atoms with van der Waals surface area (Å²) < 4.78 is 5.01. The molecule has 2 rings (SSSR count). The number of phenolic OH excluding ortho intramolecular Hbond substituents is 1. The zero-order valence-electron chi connectivity index (χ0n) is 11.9. The Kier molecular flexibility index (Phi) is 3.66. The molecule has 1 saturated carbocycles. The molecule has 1 N–H and O–H groups in total. The fourth-order valence-electron chi connectivity index (χ4n) is 2.39. The number of carbonyl (C=O) groups is 2. The molecule has 1 fully saturated rings. The van der Waals surface area contributed by atoms with Crippen molar-refractivity contribution in [1.29, 1.82) is 0 Å². The summed E-state index contributed by atoms with van der Waals surface area (Å²) in [5.74, 6) is 0.0871. The van der Waals surface area contributed by atoms with Crippen molar-refractivity contribution >= 4 is 17.6 Å². The molecule has 1 aliphatic rings.